The topological polar surface area (TPSA) is 152 Å². The predicted molar refractivity (Wildman–Crippen MR) is 173 cm³/mol. The molecule has 1 aromatic heterocycles. The number of aryl methyl sites for hydroxylation is 1. The van der Waals surface area contributed by atoms with Gasteiger partial charge in [0.2, 0.25) is 5.91 Å². The number of nitrogens with zero attached hydrogens (tertiary/aromatic N) is 4. The monoisotopic (exact) mass is 695 g/mol. The highest BCUT2D eigenvalue weighted by molar-refractivity contribution is 7.85. The number of carbonyl (C=O) groups is 1. The first-order valence-electron chi connectivity index (χ1n) is 16.0. The second-order valence-electron chi connectivity index (χ2n) is 12.9. The zero-order valence-electron chi connectivity index (χ0n) is 27.6. The Morgan fingerprint density at radius 3 is 2.31 bits per heavy atom. The fourth-order valence-corrected chi connectivity index (χ4v) is 6.05. The molecule has 5 rings (SSSR count). The lowest BCUT2D eigenvalue weighted by molar-refractivity contribution is -0.166. The molecule has 3 aromatic rings. The number of likely N-dealkylation sites (tertiary alicyclic amines) is 1. The number of hydrogen-bond donors (Lipinski definition) is 2. The minimum absolute atomic E-state index is 0.0644. The molecule has 0 aliphatic carbocycles. The number of halogens is 3. The van der Waals surface area contributed by atoms with Crippen LogP contribution in [0.15, 0.2) is 51.9 Å². The number of piperidine rings is 1. The van der Waals surface area contributed by atoms with Crippen LogP contribution in [-0.2, 0) is 21.3 Å². The van der Waals surface area contributed by atoms with E-state index in [-0.39, 0.29) is 22.8 Å². The number of rotatable bonds is 11. The molecular weight excluding hydrogens is 651 g/mol. The lowest BCUT2D eigenvalue weighted by Crippen LogP contribution is -2.62. The molecule has 15 heteroatoms. The Balaban J connectivity index is 0.000000401. The van der Waals surface area contributed by atoms with Gasteiger partial charge in [0.05, 0.1) is 30.6 Å². The van der Waals surface area contributed by atoms with Gasteiger partial charge in [-0.2, -0.15) is 13.4 Å². The van der Waals surface area contributed by atoms with E-state index in [1.54, 1.807) is 18.2 Å². The smallest absolute Gasteiger partial charge is 0.324 e. The van der Waals surface area contributed by atoms with Crippen molar-refractivity contribution >= 4 is 22.0 Å². The van der Waals surface area contributed by atoms with Crippen molar-refractivity contribution in [2.75, 3.05) is 37.7 Å². The van der Waals surface area contributed by atoms with Gasteiger partial charge < -0.3 is 24.8 Å². The summed E-state index contributed by atoms with van der Waals surface area (Å²) in [5.74, 6) is -1.63. The number of hydrogen-bond acceptors (Lipinski definition) is 9. The second kappa shape index (κ2) is 15.7. The number of amides is 1. The minimum Gasteiger partial charge on any atom is -0.493 e. The second-order valence-corrected chi connectivity index (χ2v) is 14.4. The lowest BCUT2D eigenvalue weighted by Gasteiger charge is -2.39. The molecule has 2 aromatic carbocycles. The van der Waals surface area contributed by atoms with Crippen molar-refractivity contribution in [2.24, 2.45) is 17.6 Å². The van der Waals surface area contributed by atoms with Gasteiger partial charge in [-0.1, -0.05) is 49.7 Å². The quantitative estimate of drug-likeness (QED) is 0.255. The number of ether oxygens (including phenoxy) is 1. The van der Waals surface area contributed by atoms with E-state index in [0.29, 0.717) is 30.2 Å². The summed E-state index contributed by atoms with van der Waals surface area (Å²) >= 11 is 0. The van der Waals surface area contributed by atoms with Crippen molar-refractivity contribution in [1.29, 1.82) is 0 Å². The Bertz CT molecular complexity index is 1620. The Kier molecular flexibility index (Phi) is 12.1. The zero-order chi connectivity index (χ0) is 35.2. The van der Waals surface area contributed by atoms with Crippen LogP contribution < -0.4 is 15.4 Å². The van der Waals surface area contributed by atoms with Crippen molar-refractivity contribution < 1.29 is 40.2 Å². The summed E-state index contributed by atoms with van der Waals surface area (Å²) in [6, 6.07) is 9.97. The fourth-order valence-electron chi connectivity index (χ4n) is 5.57. The van der Waals surface area contributed by atoms with E-state index in [1.165, 1.54) is 24.3 Å². The molecule has 0 saturated carbocycles. The number of aromatic nitrogens is 2. The molecule has 11 nitrogen and oxygen atoms in total. The Labute approximate surface area is 279 Å². The van der Waals surface area contributed by atoms with E-state index in [2.05, 4.69) is 22.0 Å². The first kappa shape index (κ1) is 37.1. The van der Waals surface area contributed by atoms with Crippen LogP contribution in [0.5, 0.6) is 5.75 Å². The summed E-state index contributed by atoms with van der Waals surface area (Å²) in [4.78, 5) is 19.7. The summed E-state index contributed by atoms with van der Waals surface area (Å²) in [5.41, 5.74) is 7.05. The van der Waals surface area contributed by atoms with Crippen molar-refractivity contribution in [1.82, 2.24) is 15.0 Å². The molecule has 264 valence electrons. The highest BCUT2D eigenvalue weighted by Crippen LogP contribution is 2.30. The van der Waals surface area contributed by atoms with Gasteiger partial charge in [0.15, 0.2) is 5.82 Å². The van der Waals surface area contributed by atoms with Crippen molar-refractivity contribution in [3.8, 4) is 5.75 Å². The molecule has 2 saturated heterocycles. The molecule has 2 aliphatic rings. The third-order valence-electron chi connectivity index (χ3n) is 8.66. The van der Waals surface area contributed by atoms with E-state index >= 15 is 0 Å². The molecule has 3 heterocycles. The van der Waals surface area contributed by atoms with Crippen LogP contribution >= 0.6 is 0 Å². The van der Waals surface area contributed by atoms with Gasteiger partial charge in [-0.05, 0) is 68.2 Å². The fraction of sp³-hybridized carbons (Fsp3) is 0.545. The van der Waals surface area contributed by atoms with Crippen LogP contribution in [-0.4, -0.2) is 78.7 Å². The molecule has 2 fully saturated rings. The number of benzene rings is 2. The number of carbonyl (C=O) groups excluding carboxylic acids is 1. The summed E-state index contributed by atoms with van der Waals surface area (Å²) < 4.78 is 81.3. The SMILES string of the molecule is CC(C)c1noc(N2CCC(C(C)CCOc3ccc(CC(N)C(=O)N4CC(F)(F)C4)c(F)c3)CC2)n1.Cc1ccc(S(=O)(=O)O)cc1. The maximum absolute atomic E-state index is 14.6. The van der Waals surface area contributed by atoms with Crippen molar-refractivity contribution in [2.45, 2.75) is 76.2 Å². The summed E-state index contributed by atoms with van der Waals surface area (Å²) in [5, 5.41) is 4.05. The average Bonchev–Trinajstić information content (AvgIpc) is 3.52. The van der Waals surface area contributed by atoms with Crippen LogP contribution in [0.2, 0.25) is 0 Å². The van der Waals surface area contributed by atoms with E-state index < -0.39 is 46.9 Å². The van der Waals surface area contributed by atoms with Crippen LogP contribution in [0.1, 0.15) is 62.9 Å². The van der Waals surface area contributed by atoms with Gasteiger partial charge in [0.1, 0.15) is 11.6 Å². The molecule has 3 N–H and O–H groups in total. The standard InChI is InChI=1S/C26H36F3N5O3.C7H8O3S/c1-16(2)23-31-25(37-32-23)33-9-6-18(7-10-33)17(3)8-11-36-20-5-4-19(21(27)13-20)12-22(30)24(35)34-14-26(28,29)15-34;1-6-2-4-7(5-3-6)11(8,9)10/h4-5,13,16-18,22H,6-12,14-15,30H2,1-3H3;2-5H,1H3,(H,8,9,10). The molecule has 2 unspecified atom stereocenters. The Morgan fingerprint density at radius 1 is 1.12 bits per heavy atom. The van der Waals surface area contributed by atoms with E-state index in [9.17, 15) is 26.4 Å². The van der Waals surface area contributed by atoms with Crippen LogP contribution in [0.3, 0.4) is 0 Å². The third kappa shape index (κ3) is 10.2. The number of anilines is 1. The van der Waals surface area contributed by atoms with Crippen LogP contribution in [0.25, 0.3) is 0 Å². The van der Waals surface area contributed by atoms with Gasteiger partial charge >= 0.3 is 6.01 Å². The maximum atomic E-state index is 14.6. The Morgan fingerprint density at radius 2 is 1.77 bits per heavy atom. The van der Waals surface area contributed by atoms with Crippen molar-refractivity contribution in [3.05, 3.63) is 65.2 Å². The normalized spacial score (nSPS) is 17.7. The van der Waals surface area contributed by atoms with Gasteiger partial charge in [0.25, 0.3) is 16.0 Å². The van der Waals surface area contributed by atoms with Gasteiger partial charge in [-0.15, -0.1) is 0 Å². The maximum Gasteiger partial charge on any atom is 0.324 e. The zero-order valence-corrected chi connectivity index (χ0v) is 28.4. The van der Waals surface area contributed by atoms with E-state index in [1.807, 2.05) is 20.8 Å². The molecule has 0 radical (unpaired) electrons. The highest BCUT2D eigenvalue weighted by Gasteiger charge is 2.47. The third-order valence-corrected chi connectivity index (χ3v) is 9.53. The molecule has 48 heavy (non-hydrogen) atoms. The largest absolute Gasteiger partial charge is 0.493 e. The first-order chi connectivity index (χ1) is 22.5. The predicted octanol–water partition coefficient (Wildman–Crippen LogP) is 5.24. The summed E-state index contributed by atoms with van der Waals surface area (Å²) in [6.07, 6.45) is 2.83. The summed E-state index contributed by atoms with van der Waals surface area (Å²) in [7, 11) is -4.02. The van der Waals surface area contributed by atoms with Crippen molar-refractivity contribution in [3.63, 3.8) is 0 Å². The van der Waals surface area contributed by atoms with Gasteiger partial charge in [-0.25, -0.2) is 13.2 Å². The number of alkyl halides is 2. The van der Waals surface area contributed by atoms with E-state index in [0.717, 1.165) is 48.6 Å². The molecule has 2 atom stereocenters. The van der Waals surface area contributed by atoms with Gasteiger partial charge in [0, 0.05) is 25.1 Å². The van der Waals surface area contributed by atoms with Crippen LogP contribution in [0, 0.1) is 24.6 Å². The summed E-state index contributed by atoms with van der Waals surface area (Å²) in [6.45, 7) is 9.05. The molecule has 0 bridgehead atoms. The van der Waals surface area contributed by atoms with Gasteiger partial charge in [-0.3, -0.25) is 9.35 Å². The molecule has 1 amide bonds. The average molecular weight is 696 g/mol. The molecular formula is C33H44F3N5O6S. The minimum atomic E-state index is -4.02. The highest BCUT2D eigenvalue weighted by atomic mass is 32.2. The van der Waals surface area contributed by atoms with E-state index in [4.69, 9.17) is 19.5 Å². The lowest BCUT2D eigenvalue weighted by atomic mass is 9.84. The molecule has 2 aliphatic heterocycles. The Hall–Kier alpha value is -3.69. The van der Waals surface area contributed by atoms with Crippen LogP contribution in [0.4, 0.5) is 19.2 Å². The number of nitrogens with two attached hydrogens (primary N) is 1. The molecule has 0 spiro atoms. The first-order valence-corrected chi connectivity index (χ1v) is 17.4.